The molecule has 1 aromatic carbocycles. The van der Waals surface area contributed by atoms with Gasteiger partial charge in [-0.1, -0.05) is 12.1 Å². The summed E-state index contributed by atoms with van der Waals surface area (Å²) in [5.41, 5.74) is 0.800. The highest BCUT2D eigenvalue weighted by Crippen LogP contribution is 2.23. The second-order valence-corrected chi connectivity index (χ2v) is 5.74. The number of carbonyl (C=O) groups is 2. The van der Waals surface area contributed by atoms with Crippen LogP contribution >= 0.6 is 27.3 Å². The van der Waals surface area contributed by atoms with Crippen molar-refractivity contribution >= 4 is 45.3 Å². The van der Waals surface area contributed by atoms with Crippen LogP contribution in [0.1, 0.15) is 25.6 Å². The van der Waals surface area contributed by atoms with E-state index in [0.29, 0.717) is 11.1 Å². The Labute approximate surface area is 121 Å². The summed E-state index contributed by atoms with van der Waals surface area (Å²) >= 11 is 4.81. The van der Waals surface area contributed by atoms with Gasteiger partial charge in [-0.05, 0) is 34.1 Å². The number of hydrogen-bond acceptors (Lipinski definition) is 4. The lowest BCUT2D eigenvalue weighted by atomic mass is 10.1. The van der Waals surface area contributed by atoms with Gasteiger partial charge in [0.05, 0.1) is 17.3 Å². The van der Waals surface area contributed by atoms with Crippen LogP contribution in [-0.2, 0) is 0 Å². The second kappa shape index (κ2) is 4.71. The average Bonchev–Trinajstić information content (AvgIpc) is 2.93. The first kappa shape index (κ1) is 12.3. The van der Waals surface area contributed by atoms with Crippen LogP contribution < -0.4 is 0 Å². The molecule has 0 fully saturated rings. The fraction of sp³-hybridized carbons (Fsp3) is 0. The lowest BCUT2D eigenvalue weighted by Crippen LogP contribution is -2.23. The highest BCUT2D eigenvalue weighted by Gasteiger charge is 2.35. The molecule has 6 heteroatoms. The third kappa shape index (κ3) is 2.13. The Morgan fingerprint density at radius 2 is 1.79 bits per heavy atom. The summed E-state index contributed by atoms with van der Waals surface area (Å²) in [5, 5.41) is 6.79. The number of halogens is 1. The van der Waals surface area contributed by atoms with Gasteiger partial charge in [-0.15, -0.1) is 11.3 Å². The highest BCUT2D eigenvalue weighted by molar-refractivity contribution is 9.10. The molecule has 1 aliphatic heterocycles. The molecule has 0 radical (unpaired) electrons. The summed E-state index contributed by atoms with van der Waals surface area (Å²) in [4.78, 5) is 24.9. The largest absolute Gasteiger partial charge is 0.282 e. The average molecular weight is 335 g/mol. The predicted octanol–water partition coefficient (Wildman–Crippen LogP) is 3.14. The summed E-state index contributed by atoms with van der Waals surface area (Å²) in [5.74, 6) is -0.764. The number of nitrogens with zero attached hydrogens (tertiary/aromatic N) is 2. The molecule has 0 unspecified atom stereocenters. The van der Waals surface area contributed by atoms with E-state index in [1.54, 1.807) is 24.3 Å². The van der Waals surface area contributed by atoms with E-state index in [4.69, 9.17) is 0 Å². The van der Waals surface area contributed by atoms with Crippen molar-refractivity contribution in [1.29, 1.82) is 0 Å². The van der Waals surface area contributed by atoms with Gasteiger partial charge in [-0.3, -0.25) is 9.59 Å². The third-order valence-electron chi connectivity index (χ3n) is 2.66. The van der Waals surface area contributed by atoms with Crippen LogP contribution in [0.4, 0.5) is 0 Å². The molecule has 2 aromatic rings. The van der Waals surface area contributed by atoms with E-state index in [1.807, 2.05) is 11.4 Å². The van der Waals surface area contributed by atoms with Gasteiger partial charge < -0.3 is 0 Å². The van der Waals surface area contributed by atoms with Crippen molar-refractivity contribution in [3.63, 3.8) is 0 Å². The molecule has 1 aliphatic rings. The van der Waals surface area contributed by atoms with E-state index in [2.05, 4.69) is 21.0 Å². The molecule has 0 spiro atoms. The molecule has 0 N–H and O–H groups in total. The molecule has 3 rings (SSSR count). The van der Waals surface area contributed by atoms with Gasteiger partial charge in [0.15, 0.2) is 0 Å². The number of benzene rings is 1. The van der Waals surface area contributed by atoms with Gasteiger partial charge >= 0.3 is 0 Å². The van der Waals surface area contributed by atoms with E-state index in [-0.39, 0.29) is 11.8 Å². The number of imide groups is 1. The summed E-state index contributed by atoms with van der Waals surface area (Å²) in [6.45, 7) is 0. The Morgan fingerprint density at radius 1 is 1.16 bits per heavy atom. The first-order chi connectivity index (χ1) is 9.16. The van der Waals surface area contributed by atoms with Crippen molar-refractivity contribution in [3.8, 4) is 0 Å². The third-order valence-corrected chi connectivity index (χ3v) is 4.29. The van der Waals surface area contributed by atoms with Crippen LogP contribution in [0.15, 0.2) is 45.3 Å². The Bertz CT molecular complexity index is 673. The van der Waals surface area contributed by atoms with Gasteiger partial charge in [0, 0.05) is 14.7 Å². The normalized spacial score (nSPS) is 14.5. The quantitative estimate of drug-likeness (QED) is 0.625. The minimum atomic E-state index is -0.382. The summed E-state index contributed by atoms with van der Waals surface area (Å²) in [6, 6.07) is 8.59. The maximum Gasteiger partial charge on any atom is 0.282 e. The Kier molecular flexibility index (Phi) is 3.04. The van der Waals surface area contributed by atoms with Crippen molar-refractivity contribution in [2.75, 3.05) is 0 Å². The molecule has 4 nitrogen and oxygen atoms in total. The number of carbonyl (C=O) groups excluding carboxylic acids is 2. The van der Waals surface area contributed by atoms with Crippen LogP contribution in [-0.4, -0.2) is 23.0 Å². The Morgan fingerprint density at radius 3 is 2.32 bits per heavy atom. The molecule has 0 bridgehead atoms. The van der Waals surface area contributed by atoms with Crippen LogP contribution in [0.5, 0.6) is 0 Å². The predicted molar refractivity (Wildman–Crippen MR) is 76.6 cm³/mol. The standard InChI is InChI=1S/C13H7BrN2O2S/c14-8-5-9(19-7-8)6-15-16-12(17)10-3-1-2-4-11(10)13(16)18/h1-7H/b15-6-. The second-order valence-electron chi connectivity index (χ2n) is 3.88. The molecule has 0 aliphatic carbocycles. The van der Waals surface area contributed by atoms with Crippen LogP contribution in [0.3, 0.4) is 0 Å². The van der Waals surface area contributed by atoms with Crippen molar-refractivity contribution in [2.45, 2.75) is 0 Å². The monoisotopic (exact) mass is 334 g/mol. The first-order valence-corrected chi connectivity index (χ1v) is 7.10. The molecule has 0 saturated carbocycles. The molecular weight excluding hydrogens is 328 g/mol. The zero-order valence-corrected chi connectivity index (χ0v) is 11.9. The first-order valence-electron chi connectivity index (χ1n) is 5.42. The number of hydrogen-bond donors (Lipinski definition) is 0. The van der Waals surface area contributed by atoms with Gasteiger partial charge in [0.2, 0.25) is 0 Å². The van der Waals surface area contributed by atoms with Gasteiger partial charge in [-0.25, -0.2) is 0 Å². The van der Waals surface area contributed by atoms with E-state index >= 15 is 0 Å². The maximum absolute atomic E-state index is 12.0. The van der Waals surface area contributed by atoms with Crippen molar-refractivity contribution in [3.05, 3.63) is 56.2 Å². The zero-order valence-electron chi connectivity index (χ0n) is 9.54. The number of rotatable bonds is 2. The Hall–Kier alpha value is -1.79. The zero-order chi connectivity index (χ0) is 13.4. The molecule has 2 amide bonds. The van der Waals surface area contributed by atoms with Crippen molar-refractivity contribution in [1.82, 2.24) is 5.01 Å². The van der Waals surface area contributed by atoms with Crippen molar-refractivity contribution in [2.24, 2.45) is 5.10 Å². The molecule has 0 atom stereocenters. The molecule has 19 heavy (non-hydrogen) atoms. The van der Waals surface area contributed by atoms with Crippen LogP contribution in [0.25, 0.3) is 0 Å². The molecule has 2 heterocycles. The van der Waals surface area contributed by atoms with Gasteiger partial charge in [-0.2, -0.15) is 10.1 Å². The van der Waals surface area contributed by atoms with Crippen molar-refractivity contribution < 1.29 is 9.59 Å². The SMILES string of the molecule is O=C1c2ccccc2C(=O)N1/N=C\c1cc(Br)cs1. The summed E-state index contributed by atoms with van der Waals surface area (Å²) in [7, 11) is 0. The highest BCUT2D eigenvalue weighted by atomic mass is 79.9. The Balaban J connectivity index is 1.90. The topological polar surface area (TPSA) is 49.7 Å². The van der Waals surface area contributed by atoms with E-state index in [0.717, 1.165) is 14.4 Å². The number of hydrazone groups is 1. The van der Waals surface area contributed by atoms with Gasteiger partial charge in [0.1, 0.15) is 0 Å². The minimum Gasteiger partial charge on any atom is -0.267 e. The molecule has 0 saturated heterocycles. The number of fused-ring (bicyclic) bond motifs is 1. The molecule has 94 valence electrons. The summed E-state index contributed by atoms with van der Waals surface area (Å²) < 4.78 is 0.946. The number of amides is 2. The smallest absolute Gasteiger partial charge is 0.267 e. The molecular formula is C13H7BrN2O2S. The maximum atomic E-state index is 12.0. The lowest BCUT2D eigenvalue weighted by molar-refractivity contribution is 0.0660. The lowest BCUT2D eigenvalue weighted by Gasteiger charge is -2.04. The van der Waals surface area contributed by atoms with E-state index in [1.165, 1.54) is 17.6 Å². The fourth-order valence-corrected chi connectivity index (χ4v) is 3.09. The van der Waals surface area contributed by atoms with E-state index in [9.17, 15) is 9.59 Å². The van der Waals surface area contributed by atoms with E-state index < -0.39 is 0 Å². The fourth-order valence-electron chi connectivity index (χ4n) is 1.79. The minimum absolute atomic E-state index is 0.382. The molecule has 1 aromatic heterocycles. The van der Waals surface area contributed by atoms with Crippen LogP contribution in [0, 0.1) is 0 Å². The number of thiophene rings is 1. The van der Waals surface area contributed by atoms with Crippen LogP contribution in [0.2, 0.25) is 0 Å². The van der Waals surface area contributed by atoms with Gasteiger partial charge in [0.25, 0.3) is 11.8 Å². The summed E-state index contributed by atoms with van der Waals surface area (Å²) in [6.07, 6.45) is 1.51.